The summed E-state index contributed by atoms with van der Waals surface area (Å²) in [4.78, 5) is 36.3. The minimum absolute atomic E-state index is 0.0495. The molecular weight excluding hydrogens is 519 g/mol. The molecule has 3 N–H and O–H groups in total. The van der Waals surface area contributed by atoms with Crippen molar-refractivity contribution in [3.05, 3.63) is 28.5 Å². The molecule has 208 valence electrons. The molecule has 38 heavy (non-hydrogen) atoms. The van der Waals surface area contributed by atoms with E-state index in [1.54, 1.807) is 4.90 Å². The van der Waals surface area contributed by atoms with Crippen LogP contribution in [0.15, 0.2) is 12.3 Å². The van der Waals surface area contributed by atoms with Gasteiger partial charge in [-0.05, 0) is 52.5 Å². The third kappa shape index (κ3) is 6.63. The Labute approximate surface area is 224 Å². The van der Waals surface area contributed by atoms with Crippen LogP contribution in [0, 0.1) is 0 Å². The molecule has 1 saturated carbocycles. The number of thiazole rings is 1. The molecule has 2 aromatic heterocycles. The Morgan fingerprint density at radius 2 is 1.87 bits per heavy atom. The second kappa shape index (κ2) is 11.2. The van der Waals surface area contributed by atoms with Crippen molar-refractivity contribution in [1.29, 1.82) is 0 Å². The summed E-state index contributed by atoms with van der Waals surface area (Å²) in [7, 11) is 0. The van der Waals surface area contributed by atoms with E-state index in [2.05, 4.69) is 20.6 Å². The van der Waals surface area contributed by atoms with E-state index >= 15 is 0 Å². The Morgan fingerprint density at radius 3 is 2.47 bits per heavy atom. The number of nitrogens with one attached hydrogen (secondary N) is 2. The zero-order chi connectivity index (χ0) is 27.7. The Hall–Kier alpha value is -2.73. The van der Waals surface area contributed by atoms with Crippen LogP contribution < -0.4 is 10.6 Å². The highest BCUT2D eigenvalue weighted by Crippen LogP contribution is 2.42. The largest absolute Gasteiger partial charge is 0.417 e. The van der Waals surface area contributed by atoms with Gasteiger partial charge in [0.05, 0.1) is 16.0 Å². The SMILES string of the molecule is C[C@H]1CCCN1C(=O)c1nc(C(=O)NCC(C)(C)O)sc1-c1cnc(NC2CCCCC2)cc1C(F)(F)F. The summed E-state index contributed by atoms with van der Waals surface area (Å²) in [5.41, 5.74) is -2.63. The van der Waals surface area contributed by atoms with Crippen molar-refractivity contribution >= 4 is 29.0 Å². The number of aliphatic hydroxyl groups is 1. The fourth-order valence-corrected chi connectivity index (χ4v) is 5.89. The number of hydrogen-bond donors (Lipinski definition) is 3. The van der Waals surface area contributed by atoms with Crippen molar-refractivity contribution in [2.75, 3.05) is 18.4 Å². The van der Waals surface area contributed by atoms with Gasteiger partial charge in [0, 0.05) is 36.9 Å². The third-order valence-corrected chi connectivity index (χ3v) is 8.02. The van der Waals surface area contributed by atoms with Crippen LogP contribution in [-0.4, -0.2) is 62.6 Å². The molecule has 8 nitrogen and oxygen atoms in total. The second-order valence-corrected chi connectivity index (χ2v) is 11.8. The quantitative estimate of drug-likeness (QED) is 0.441. The maximum atomic E-state index is 14.3. The van der Waals surface area contributed by atoms with Crippen molar-refractivity contribution in [2.24, 2.45) is 0 Å². The number of likely N-dealkylation sites (tertiary alicyclic amines) is 1. The first-order valence-electron chi connectivity index (χ1n) is 13.0. The van der Waals surface area contributed by atoms with Gasteiger partial charge in [-0.25, -0.2) is 9.97 Å². The predicted octanol–water partition coefficient (Wildman–Crippen LogP) is 5.09. The number of halogens is 3. The van der Waals surface area contributed by atoms with Gasteiger partial charge in [-0.3, -0.25) is 9.59 Å². The first-order chi connectivity index (χ1) is 17.8. The number of rotatable bonds is 7. The van der Waals surface area contributed by atoms with Crippen molar-refractivity contribution in [3.8, 4) is 10.4 Å². The van der Waals surface area contributed by atoms with E-state index in [0.29, 0.717) is 6.54 Å². The molecule has 12 heteroatoms. The summed E-state index contributed by atoms with van der Waals surface area (Å²) in [6, 6.07) is 0.947. The molecule has 1 aliphatic carbocycles. The number of alkyl halides is 3. The van der Waals surface area contributed by atoms with Gasteiger partial charge in [0.15, 0.2) is 5.01 Å². The summed E-state index contributed by atoms with van der Waals surface area (Å²) in [5, 5.41) is 15.5. The Bertz CT molecular complexity index is 1170. The molecule has 2 fully saturated rings. The molecule has 0 unspecified atom stereocenters. The summed E-state index contributed by atoms with van der Waals surface area (Å²) in [5.74, 6) is -1.06. The Kier molecular flexibility index (Phi) is 8.32. The number of anilines is 1. The number of carbonyl (C=O) groups is 2. The molecule has 1 aliphatic heterocycles. The number of nitrogens with zero attached hydrogens (tertiary/aromatic N) is 3. The summed E-state index contributed by atoms with van der Waals surface area (Å²) < 4.78 is 43.0. The van der Waals surface area contributed by atoms with Crippen LogP contribution in [0.25, 0.3) is 10.4 Å². The highest BCUT2D eigenvalue weighted by atomic mass is 32.1. The van der Waals surface area contributed by atoms with Gasteiger partial charge in [0.25, 0.3) is 11.8 Å². The average Bonchev–Trinajstić information content (AvgIpc) is 3.48. The minimum Gasteiger partial charge on any atom is -0.389 e. The van der Waals surface area contributed by atoms with Crippen molar-refractivity contribution < 1.29 is 27.9 Å². The lowest BCUT2D eigenvalue weighted by atomic mass is 9.95. The van der Waals surface area contributed by atoms with Crippen LogP contribution in [0.2, 0.25) is 0 Å². The van der Waals surface area contributed by atoms with Gasteiger partial charge >= 0.3 is 6.18 Å². The van der Waals surface area contributed by atoms with Gasteiger partial charge in [0.1, 0.15) is 11.5 Å². The maximum absolute atomic E-state index is 14.3. The van der Waals surface area contributed by atoms with E-state index < -0.39 is 29.2 Å². The van der Waals surface area contributed by atoms with Crippen LogP contribution >= 0.6 is 11.3 Å². The average molecular weight is 554 g/mol. The topological polar surface area (TPSA) is 107 Å². The molecule has 2 amide bonds. The maximum Gasteiger partial charge on any atom is 0.417 e. The van der Waals surface area contributed by atoms with Crippen molar-refractivity contribution in [2.45, 2.75) is 89.6 Å². The van der Waals surface area contributed by atoms with Crippen LogP contribution in [-0.2, 0) is 6.18 Å². The lowest BCUT2D eigenvalue weighted by molar-refractivity contribution is -0.137. The number of hydrogen-bond acceptors (Lipinski definition) is 7. The Balaban J connectivity index is 1.75. The van der Waals surface area contributed by atoms with E-state index in [4.69, 9.17) is 0 Å². The van der Waals surface area contributed by atoms with Gasteiger partial charge in [-0.2, -0.15) is 13.2 Å². The minimum atomic E-state index is -4.73. The van der Waals surface area contributed by atoms with Gasteiger partial charge in [0.2, 0.25) is 0 Å². The first-order valence-corrected chi connectivity index (χ1v) is 13.8. The monoisotopic (exact) mass is 553 g/mol. The lowest BCUT2D eigenvalue weighted by Gasteiger charge is -2.24. The van der Waals surface area contributed by atoms with E-state index in [1.165, 1.54) is 13.8 Å². The fourth-order valence-electron chi connectivity index (χ4n) is 4.89. The first kappa shape index (κ1) is 28.3. The molecule has 2 aliphatic rings. The van der Waals surface area contributed by atoms with Crippen LogP contribution in [0.3, 0.4) is 0 Å². The van der Waals surface area contributed by atoms with Crippen LogP contribution in [0.5, 0.6) is 0 Å². The van der Waals surface area contributed by atoms with Crippen LogP contribution in [0.4, 0.5) is 19.0 Å². The molecule has 1 saturated heterocycles. The lowest BCUT2D eigenvalue weighted by Crippen LogP contribution is -2.38. The molecule has 0 bridgehead atoms. The molecule has 1 atom stereocenters. The molecule has 0 spiro atoms. The van der Waals surface area contributed by atoms with Gasteiger partial charge in [-0.15, -0.1) is 11.3 Å². The normalized spacial score (nSPS) is 19.0. The zero-order valence-corrected chi connectivity index (χ0v) is 22.6. The Morgan fingerprint density at radius 1 is 1.16 bits per heavy atom. The predicted molar refractivity (Wildman–Crippen MR) is 139 cm³/mol. The van der Waals surface area contributed by atoms with E-state index in [1.807, 2.05) is 6.92 Å². The highest BCUT2D eigenvalue weighted by Gasteiger charge is 2.38. The van der Waals surface area contributed by atoms with Crippen LogP contribution in [0.1, 0.15) is 91.6 Å². The van der Waals surface area contributed by atoms with Gasteiger partial charge < -0.3 is 20.6 Å². The summed E-state index contributed by atoms with van der Waals surface area (Å²) >= 11 is 0.719. The molecule has 0 radical (unpaired) electrons. The second-order valence-electron chi connectivity index (χ2n) is 10.8. The molecule has 2 aromatic rings. The number of aromatic nitrogens is 2. The highest BCUT2D eigenvalue weighted by molar-refractivity contribution is 7.17. The standard InChI is InChI=1S/C26H34F3N5O3S/c1-15-8-7-11-34(15)24(36)20-21(38-23(33-20)22(35)31-14-25(2,3)37)17-13-30-19(12-18(17)26(27,28)29)32-16-9-5-4-6-10-16/h12-13,15-16,37H,4-11,14H2,1-3H3,(H,30,32)(H,31,35)/t15-/m0/s1. The molecule has 0 aromatic carbocycles. The molecular formula is C26H34F3N5O3S. The van der Waals surface area contributed by atoms with Gasteiger partial charge in [-0.1, -0.05) is 19.3 Å². The van der Waals surface area contributed by atoms with E-state index in [-0.39, 0.29) is 45.6 Å². The number of carbonyl (C=O) groups excluding carboxylic acids is 2. The van der Waals surface area contributed by atoms with Crippen molar-refractivity contribution in [1.82, 2.24) is 20.2 Å². The van der Waals surface area contributed by atoms with E-state index in [0.717, 1.165) is 68.5 Å². The zero-order valence-electron chi connectivity index (χ0n) is 21.8. The number of pyridine rings is 1. The van der Waals surface area contributed by atoms with E-state index in [9.17, 15) is 27.9 Å². The third-order valence-electron chi connectivity index (χ3n) is 6.93. The summed E-state index contributed by atoms with van der Waals surface area (Å²) in [6.45, 7) is 5.27. The molecule has 4 rings (SSSR count). The smallest absolute Gasteiger partial charge is 0.389 e. The molecule has 3 heterocycles. The summed E-state index contributed by atoms with van der Waals surface area (Å²) in [6.07, 6.45) is 2.83. The van der Waals surface area contributed by atoms with Crippen molar-refractivity contribution in [3.63, 3.8) is 0 Å². The number of amides is 2. The fraction of sp³-hybridized carbons (Fsp3) is 0.615.